The number of rotatable bonds is 26. The zero-order valence-corrected chi connectivity index (χ0v) is 27.0. The molecule has 0 unspecified atom stereocenters. The average molecular weight is 554 g/mol. The summed E-state index contributed by atoms with van der Waals surface area (Å²) in [7, 11) is 3.59. The summed E-state index contributed by atoms with van der Waals surface area (Å²) >= 11 is 0. The van der Waals surface area contributed by atoms with Crippen LogP contribution in [0.2, 0.25) is 0 Å². The van der Waals surface area contributed by atoms with Crippen LogP contribution < -0.4 is 5.11 Å². The predicted octanol–water partition coefficient (Wildman–Crippen LogP) is 9.05. The number of hydrogen-bond donors (Lipinski definition) is 0. The monoisotopic (exact) mass is 554 g/mol. The molecule has 0 fully saturated rings. The summed E-state index contributed by atoms with van der Waals surface area (Å²) < 4.78 is -0.0597. The minimum absolute atomic E-state index is 0.0597. The fourth-order valence-corrected chi connectivity index (χ4v) is 4.76. The Labute approximate surface area is 243 Å². The minimum Gasteiger partial charge on any atom is -0.550 e. The molecule has 0 aliphatic rings. The molecule has 2 amide bonds. The number of carbonyl (C=O) groups excluding carboxylic acids is 3. The lowest BCUT2D eigenvalue weighted by Gasteiger charge is -2.24. The Bertz CT molecular complexity index is 574. The zero-order chi connectivity index (χ0) is 29.6. The van der Waals surface area contributed by atoms with Crippen molar-refractivity contribution in [3.63, 3.8) is 0 Å². The predicted molar refractivity (Wildman–Crippen MR) is 164 cm³/mol. The summed E-state index contributed by atoms with van der Waals surface area (Å²) in [5.74, 6) is -0.801. The maximum Gasteiger partial charge on any atom is 0.320 e. The molecule has 0 rings (SSSR count). The topological polar surface area (TPSA) is 74.3 Å². The first-order valence-corrected chi connectivity index (χ1v) is 16.8. The van der Waals surface area contributed by atoms with Crippen molar-refractivity contribution in [2.24, 2.45) is 0 Å². The highest BCUT2D eigenvalue weighted by atomic mass is 16.4. The van der Waals surface area contributed by atoms with Gasteiger partial charge in [-0.3, -0.25) is 0 Å². The van der Waals surface area contributed by atoms with Crippen LogP contribution in [0.4, 0.5) is 0 Å². The van der Waals surface area contributed by atoms with Crippen LogP contribution in [0.3, 0.4) is 0 Å². The summed E-state index contributed by atoms with van der Waals surface area (Å²) in [6, 6.07) is 0. The fourth-order valence-electron chi connectivity index (χ4n) is 4.76. The molecule has 0 aliphatic heterocycles. The van der Waals surface area contributed by atoms with Gasteiger partial charge in [0.15, 0.2) is 0 Å². The number of imide groups is 1. The second-order valence-electron chi connectivity index (χ2n) is 11.9. The first kappa shape index (κ1) is 39.9. The highest BCUT2D eigenvalue weighted by molar-refractivity contribution is 5.84. The molecule has 0 aromatic heterocycles. The van der Waals surface area contributed by atoms with Crippen LogP contribution in [0.25, 0.3) is 0 Å². The molecule has 0 bridgehead atoms. The summed E-state index contributed by atoms with van der Waals surface area (Å²) in [5, 5.41) is 9.26. The van der Waals surface area contributed by atoms with Crippen molar-refractivity contribution in [3.05, 3.63) is 0 Å². The standard InChI is InChI=1S/C31H62NO2.C3H6O2/c1-5-7-9-11-13-15-17-19-21-23-25-27-29-31(34)32(3,4)30(33)28-26-24-22-20-18-16-14-12-10-8-6-2;1-2-3(4)5/h5-29H2,1-4H3;2H2,1H3,(H,4,5)/q+1;/p-1. The first-order valence-electron chi connectivity index (χ1n) is 16.8. The van der Waals surface area contributed by atoms with E-state index in [2.05, 4.69) is 13.8 Å². The van der Waals surface area contributed by atoms with Gasteiger partial charge in [-0.15, -0.1) is 0 Å². The van der Waals surface area contributed by atoms with E-state index < -0.39 is 5.97 Å². The molecular weight excluding hydrogens is 486 g/mol. The highest BCUT2D eigenvalue weighted by Gasteiger charge is 2.33. The van der Waals surface area contributed by atoms with Crippen LogP contribution in [0.5, 0.6) is 0 Å². The van der Waals surface area contributed by atoms with Crippen molar-refractivity contribution in [3.8, 4) is 0 Å². The fraction of sp³-hybridized carbons (Fsp3) is 0.912. The van der Waals surface area contributed by atoms with E-state index in [0.29, 0.717) is 12.8 Å². The van der Waals surface area contributed by atoms with Gasteiger partial charge in [-0.25, -0.2) is 14.1 Å². The number of amides is 2. The molecule has 0 radical (unpaired) electrons. The molecule has 0 saturated carbocycles. The normalized spacial score (nSPS) is 11.2. The third-order valence-corrected chi connectivity index (χ3v) is 7.77. The maximum absolute atomic E-state index is 12.6. The van der Waals surface area contributed by atoms with Crippen LogP contribution in [0.1, 0.15) is 188 Å². The Morgan fingerprint density at radius 2 is 0.641 bits per heavy atom. The summed E-state index contributed by atoms with van der Waals surface area (Å²) in [6.07, 6.45) is 30.9. The number of carbonyl (C=O) groups is 3. The Morgan fingerprint density at radius 3 is 0.846 bits per heavy atom. The smallest absolute Gasteiger partial charge is 0.320 e. The maximum atomic E-state index is 12.6. The Balaban J connectivity index is 0. The molecule has 5 nitrogen and oxygen atoms in total. The van der Waals surface area contributed by atoms with Crippen LogP contribution in [-0.4, -0.2) is 36.4 Å². The van der Waals surface area contributed by atoms with E-state index in [1.54, 1.807) is 14.1 Å². The molecule has 232 valence electrons. The molecular formula is C34H67NO4. The third-order valence-electron chi connectivity index (χ3n) is 7.77. The molecule has 0 aromatic rings. The molecule has 0 aliphatic carbocycles. The van der Waals surface area contributed by atoms with Gasteiger partial charge in [-0.1, -0.05) is 156 Å². The third kappa shape index (κ3) is 28.1. The Morgan fingerprint density at radius 1 is 0.436 bits per heavy atom. The van der Waals surface area contributed by atoms with Gasteiger partial charge in [-0.05, 0) is 19.3 Å². The van der Waals surface area contributed by atoms with E-state index in [0.717, 1.165) is 25.7 Å². The lowest BCUT2D eigenvalue weighted by atomic mass is 10.0. The summed E-state index contributed by atoms with van der Waals surface area (Å²) in [5.41, 5.74) is 0. The second-order valence-corrected chi connectivity index (χ2v) is 11.9. The number of aliphatic carboxylic acids is 1. The van der Waals surface area contributed by atoms with Gasteiger partial charge in [0.05, 0.1) is 26.9 Å². The van der Waals surface area contributed by atoms with Crippen LogP contribution in [-0.2, 0) is 14.4 Å². The Kier molecular flexibility index (Phi) is 30.4. The number of carboxylic acids is 1. The van der Waals surface area contributed by atoms with Crippen molar-refractivity contribution in [2.75, 3.05) is 14.1 Å². The van der Waals surface area contributed by atoms with E-state index in [1.807, 2.05) is 0 Å². The van der Waals surface area contributed by atoms with Crippen LogP contribution in [0, 0.1) is 0 Å². The summed E-state index contributed by atoms with van der Waals surface area (Å²) in [6.45, 7) is 6.07. The molecule has 0 aromatic carbocycles. The van der Waals surface area contributed by atoms with Crippen LogP contribution >= 0.6 is 0 Å². The average Bonchev–Trinajstić information content (AvgIpc) is 2.92. The van der Waals surface area contributed by atoms with Gasteiger partial charge in [0.25, 0.3) is 0 Å². The van der Waals surface area contributed by atoms with Gasteiger partial charge in [0.1, 0.15) is 0 Å². The van der Waals surface area contributed by atoms with Gasteiger partial charge in [0, 0.05) is 5.97 Å². The van der Waals surface area contributed by atoms with Gasteiger partial charge in [0.2, 0.25) is 0 Å². The van der Waals surface area contributed by atoms with E-state index in [4.69, 9.17) is 0 Å². The molecule has 0 atom stereocenters. The summed E-state index contributed by atoms with van der Waals surface area (Å²) in [4.78, 5) is 34.5. The molecule has 5 heteroatoms. The van der Waals surface area contributed by atoms with Crippen molar-refractivity contribution in [1.29, 1.82) is 0 Å². The quantitative estimate of drug-likeness (QED) is 0.0791. The van der Waals surface area contributed by atoms with E-state index >= 15 is 0 Å². The van der Waals surface area contributed by atoms with Gasteiger partial charge in [-0.2, -0.15) is 0 Å². The minimum atomic E-state index is -0.995. The van der Waals surface area contributed by atoms with Crippen molar-refractivity contribution >= 4 is 17.8 Å². The SMILES string of the molecule is CCC(=O)[O-].CCCCCCCCCCCCCCC(=O)[N+](C)(C)C(=O)CCCCCCCCCCCCC. The lowest BCUT2D eigenvalue weighted by Crippen LogP contribution is -2.50. The number of carboxylic acid groups (broad SMARTS) is 1. The zero-order valence-electron chi connectivity index (χ0n) is 27.0. The van der Waals surface area contributed by atoms with Crippen molar-refractivity contribution < 1.29 is 24.0 Å². The van der Waals surface area contributed by atoms with Crippen molar-refractivity contribution in [2.45, 2.75) is 188 Å². The molecule has 0 spiro atoms. The van der Waals surface area contributed by atoms with E-state index in [-0.39, 0.29) is 22.7 Å². The number of nitrogens with zero attached hydrogens (tertiary/aromatic N) is 1. The van der Waals surface area contributed by atoms with Crippen molar-refractivity contribution in [1.82, 2.24) is 0 Å². The lowest BCUT2D eigenvalue weighted by molar-refractivity contribution is -0.736. The molecule has 0 saturated heterocycles. The number of unbranched alkanes of at least 4 members (excludes halogenated alkanes) is 21. The van der Waals surface area contributed by atoms with Gasteiger partial charge >= 0.3 is 11.8 Å². The second kappa shape index (κ2) is 29.7. The number of quaternary nitrogens is 1. The largest absolute Gasteiger partial charge is 0.550 e. The first-order chi connectivity index (χ1) is 18.7. The molecule has 0 heterocycles. The number of hydrogen-bond acceptors (Lipinski definition) is 4. The highest BCUT2D eigenvalue weighted by Crippen LogP contribution is 2.16. The van der Waals surface area contributed by atoms with E-state index in [9.17, 15) is 19.5 Å². The molecule has 39 heavy (non-hydrogen) atoms. The molecule has 0 N–H and O–H groups in total. The van der Waals surface area contributed by atoms with Gasteiger partial charge < -0.3 is 9.90 Å². The van der Waals surface area contributed by atoms with Crippen LogP contribution in [0.15, 0.2) is 0 Å². The van der Waals surface area contributed by atoms with E-state index in [1.165, 1.54) is 129 Å². The Hall–Kier alpha value is -1.23.